The van der Waals surface area contributed by atoms with Gasteiger partial charge in [-0.3, -0.25) is 0 Å². The summed E-state index contributed by atoms with van der Waals surface area (Å²) in [4.78, 5) is 12.1. The molecule has 6 heteroatoms. The van der Waals surface area contributed by atoms with Crippen LogP contribution in [0.1, 0.15) is 122 Å². The molecular formula is C37H53IN2O3. The number of oxime groups is 1. The Balaban J connectivity index is 1.51. The summed E-state index contributed by atoms with van der Waals surface area (Å²) in [5.41, 5.74) is 12.0. The van der Waals surface area contributed by atoms with E-state index in [1.165, 1.54) is 23.1 Å². The fourth-order valence-electron chi connectivity index (χ4n) is 11.3. The van der Waals surface area contributed by atoms with Crippen molar-refractivity contribution in [2.45, 2.75) is 111 Å². The average Bonchev–Trinajstić information content (AvgIpc) is 3.33. The van der Waals surface area contributed by atoms with Gasteiger partial charge in [-0.2, -0.15) is 0 Å². The zero-order valence-corrected chi connectivity index (χ0v) is 29.4. The molecule has 0 radical (unpaired) electrons. The maximum atomic E-state index is 12.1. The molecule has 236 valence electrons. The van der Waals surface area contributed by atoms with E-state index in [0.717, 1.165) is 57.8 Å². The van der Waals surface area contributed by atoms with Crippen LogP contribution in [0.2, 0.25) is 0 Å². The van der Waals surface area contributed by atoms with Gasteiger partial charge in [-0.1, -0.05) is 71.4 Å². The zero-order chi connectivity index (χ0) is 31.4. The lowest BCUT2D eigenvalue weighted by Crippen LogP contribution is -2.67. The largest absolute Gasteiger partial charge is 0.411 e. The molecule has 4 aliphatic carbocycles. The molecule has 5 nitrogen and oxygen atoms in total. The number of carbonyl (C=O) groups is 1. The average molecular weight is 701 g/mol. The minimum atomic E-state index is -0.308. The van der Waals surface area contributed by atoms with E-state index in [-0.39, 0.29) is 33.2 Å². The van der Waals surface area contributed by atoms with Gasteiger partial charge in [0.15, 0.2) is 23.0 Å². The quantitative estimate of drug-likeness (QED) is 0.0976. The maximum absolute atomic E-state index is 12.1. The monoisotopic (exact) mass is 700 g/mol. The first-order valence-electron chi connectivity index (χ1n) is 16.5. The summed E-state index contributed by atoms with van der Waals surface area (Å²) in [6.45, 7) is 18.9. The van der Waals surface area contributed by atoms with Gasteiger partial charge in [0.05, 0.1) is 11.8 Å². The summed E-state index contributed by atoms with van der Waals surface area (Å²) < 4.78 is 4.90. The van der Waals surface area contributed by atoms with E-state index in [4.69, 9.17) is 8.80 Å². The van der Waals surface area contributed by atoms with Crippen LogP contribution in [0.4, 0.5) is 0 Å². The number of rotatable bonds is 7. The molecule has 3 N–H and O–H groups in total. The number of halogens is 1. The van der Waals surface area contributed by atoms with Crippen LogP contribution in [0.5, 0.6) is 0 Å². The lowest BCUT2D eigenvalue weighted by molar-refractivity contribution is -0.140. The summed E-state index contributed by atoms with van der Waals surface area (Å²) >= 11 is 1.65. The SMILES string of the molecule is C=C(C)C1CCC2(/C=N/O)CC[C@@](N)([C@]3(C)CC[C@H]4C(C)(C)C(c5ccc(C(=O)OI)cc5)=CC[C@]4(C)[C@H]3CCC)C[C@@H]12. The second-order valence-electron chi connectivity index (χ2n) is 15.8. The van der Waals surface area contributed by atoms with Gasteiger partial charge in [-0.25, -0.2) is 4.79 Å². The van der Waals surface area contributed by atoms with Gasteiger partial charge in [-0.15, -0.1) is 5.16 Å². The number of hydrogen-bond acceptors (Lipinski definition) is 5. The summed E-state index contributed by atoms with van der Waals surface area (Å²) in [6, 6.07) is 7.97. The van der Waals surface area contributed by atoms with Gasteiger partial charge < -0.3 is 14.0 Å². The van der Waals surface area contributed by atoms with Crippen LogP contribution in [-0.2, 0) is 3.07 Å². The van der Waals surface area contributed by atoms with Gasteiger partial charge in [0, 0.05) is 11.0 Å². The molecule has 1 aromatic carbocycles. The lowest BCUT2D eigenvalue weighted by Gasteiger charge is -2.67. The fraction of sp³-hybridized carbons (Fsp3) is 0.676. The van der Waals surface area contributed by atoms with Crippen molar-refractivity contribution < 1.29 is 13.1 Å². The van der Waals surface area contributed by atoms with Crippen molar-refractivity contribution >= 4 is 40.8 Å². The standard InChI is InChI=1S/C37H53IN2O3/c1-8-9-31-34(6)17-15-28(25-10-12-26(13-11-25)32(41)43-38)33(4,5)30(34)16-18-35(31,7)37(39)21-20-36(23-40-42)19-14-27(24(2)3)29(36)22-37/h10-13,15,23,27,29-31,42H,2,8-9,14,16-22,39H2,1,3-7H3/b40-23+/t27?,29-,30-,31+,34-,35+,36?,37-/m0/s1. The molecule has 2 unspecified atom stereocenters. The molecule has 0 bridgehead atoms. The first-order chi connectivity index (χ1) is 20.2. The minimum Gasteiger partial charge on any atom is -0.411 e. The Morgan fingerprint density at radius 1 is 1.14 bits per heavy atom. The van der Waals surface area contributed by atoms with Gasteiger partial charge in [0.1, 0.15) is 0 Å². The lowest BCUT2D eigenvalue weighted by atomic mass is 9.38. The van der Waals surface area contributed by atoms with Crippen molar-refractivity contribution in [3.8, 4) is 0 Å². The Morgan fingerprint density at radius 3 is 2.44 bits per heavy atom. The molecule has 0 amide bonds. The Kier molecular flexibility index (Phi) is 8.83. The Labute approximate surface area is 273 Å². The van der Waals surface area contributed by atoms with Crippen molar-refractivity contribution in [2.24, 2.45) is 56.2 Å². The number of fused-ring (bicyclic) bond motifs is 2. The highest BCUT2D eigenvalue weighted by Crippen LogP contribution is 2.70. The van der Waals surface area contributed by atoms with Crippen molar-refractivity contribution in [3.05, 3.63) is 53.6 Å². The molecular weight excluding hydrogens is 647 g/mol. The molecule has 0 aliphatic heterocycles. The molecule has 5 rings (SSSR count). The second kappa shape index (κ2) is 11.6. The molecule has 0 spiro atoms. The van der Waals surface area contributed by atoms with Crippen LogP contribution in [-0.4, -0.2) is 22.9 Å². The molecule has 3 fully saturated rings. The highest BCUT2D eigenvalue weighted by atomic mass is 127. The van der Waals surface area contributed by atoms with Crippen LogP contribution >= 0.6 is 23.0 Å². The van der Waals surface area contributed by atoms with Gasteiger partial charge in [0.25, 0.3) is 0 Å². The second-order valence-corrected chi connectivity index (χ2v) is 16.2. The Bertz CT molecular complexity index is 1300. The van der Waals surface area contributed by atoms with E-state index in [1.807, 2.05) is 18.3 Å². The van der Waals surface area contributed by atoms with Crippen LogP contribution in [0, 0.1) is 45.3 Å². The molecule has 0 saturated heterocycles. The molecule has 0 heterocycles. The summed E-state index contributed by atoms with van der Waals surface area (Å²) in [7, 11) is 0. The third-order valence-corrected chi connectivity index (χ3v) is 14.0. The zero-order valence-electron chi connectivity index (χ0n) is 27.2. The van der Waals surface area contributed by atoms with Gasteiger partial charge in [0.2, 0.25) is 0 Å². The number of carbonyl (C=O) groups excluding carboxylic acids is 1. The van der Waals surface area contributed by atoms with Crippen LogP contribution in [0.25, 0.3) is 5.57 Å². The van der Waals surface area contributed by atoms with Crippen molar-refractivity contribution in [1.82, 2.24) is 0 Å². The topological polar surface area (TPSA) is 84.9 Å². The molecule has 8 atom stereocenters. The van der Waals surface area contributed by atoms with Gasteiger partial charge in [-0.05, 0) is 128 Å². The van der Waals surface area contributed by atoms with Crippen LogP contribution < -0.4 is 5.73 Å². The minimum absolute atomic E-state index is 0.0107. The molecule has 43 heavy (non-hydrogen) atoms. The maximum Gasteiger partial charge on any atom is 0.347 e. The van der Waals surface area contributed by atoms with E-state index in [9.17, 15) is 10.0 Å². The highest BCUT2D eigenvalue weighted by Gasteiger charge is 2.65. The summed E-state index contributed by atoms with van der Waals surface area (Å²) in [6.07, 6.45) is 15.2. The van der Waals surface area contributed by atoms with Crippen LogP contribution in [0.3, 0.4) is 0 Å². The van der Waals surface area contributed by atoms with Gasteiger partial charge >= 0.3 is 5.97 Å². The Morgan fingerprint density at radius 2 is 1.84 bits per heavy atom. The van der Waals surface area contributed by atoms with E-state index in [2.05, 4.69) is 71.5 Å². The number of benzene rings is 1. The van der Waals surface area contributed by atoms with Crippen LogP contribution in [0.15, 0.2) is 47.6 Å². The predicted molar refractivity (Wildman–Crippen MR) is 184 cm³/mol. The van der Waals surface area contributed by atoms with Crippen molar-refractivity contribution in [3.63, 3.8) is 0 Å². The normalized spacial score (nSPS) is 40.4. The summed E-state index contributed by atoms with van der Waals surface area (Å²) in [5.74, 6) is 1.55. The first-order valence-corrected chi connectivity index (χ1v) is 17.4. The molecule has 1 aromatic rings. The highest BCUT2D eigenvalue weighted by molar-refractivity contribution is 14.1. The molecule has 4 aliphatic rings. The fourth-order valence-corrected chi connectivity index (χ4v) is 11.5. The third kappa shape index (κ3) is 5.05. The van der Waals surface area contributed by atoms with E-state index < -0.39 is 0 Å². The van der Waals surface area contributed by atoms with Crippen molar-refractivity contribution in [2.75, 3.05) is 0 Å². The number of allylic oxidation sites excluding steroid dienone is 3. The van der Waals surface area contributed by atoms with E-state index >= 15 is 0 Å². The number of nitrogens with two attached hydrogens (primary N) is 1. The predicted octanol–water partition coefficient (Wildman–Crippen LogP) is 9.78. The van der Waals surface area contributed by atoms with Crippen molar-refractivity contribution in [1.29, 1.82) is 0 Å². The Hall–Kier alpha value is -1.67. The molecule has 0 aromatic heterocycles. The third-order valence-electron chi connectivity index (χ3n) is 13.6. The van der Waals surface area contributed by atoms with E-state index in [1.54, 1.807) is 23.0 Å². The molecule has 3 saturated carbocycles. The summed E-state index contributed by atoms with van der Waals surface area (Å²) in [5, 5.41) is 13.3. The number of hydrogen-bond donors (Lipinski definition) is 2. The van der Waals surface area contributed by atoms with E-state index in [0.29, 0.717) is 29.2 Å². The first kappa shape index (κ1) is 32.7. The number of nitrogens with zero attached hydrogens (tertiary/aromatic N) is 1. The smallest absolute Gasteiger partial charge is 0.347 e.